The fraction of sp³-hybridized carbons (Fsp3) is 0.250. The molecular formula is C20H19Cl2NO4. The Hall–Kier alpha value is -2.37. The van der Waals surface area contributed by atoms with Crippen LogP contribution in [0.1, 0.15) is 35.7 Å². The van der Waals surface area contributed by atoms with Crippen LogP contribution in [0, 0.1) is 6.92 Å². The van der Waals surface area contributed by atoms with Crippen molar-refractivity contribution in [3.63, 3.8) is 0 Å². The minimum absolute atomic E-state index is 0.00652. The van der Waals surface area contributed by atoms with Crippen LogP contribution in [0.2, 0.25) is 10.0 Å². The van der Waals surface area contributed by atoms with E-state index in [4.69, 9.17) is 27.9 Å². The van der Waals surface area contributed by atoms with Gasteiger partial charge in [0.1, 0.15) is 0 Å². The lowest BCUT2D eigenvalue weighted by Gasteiger charge is -2.15. The van der Waals surface area contributed by atoms with Crippen molar-refractivity contribution >= 4 is 46.5 Å². The number of amides is 1. The van der Waals surface area contributed by atoms with Gasteiger partial charge in [-0.05, 0) is 26.0 Å². The predicted octanol–water partition coefficient (Wildman–Crippen LogP) is 4.84. The fourth-order valence-corrected chi connectivity index (χ4v) is 2.74. The molecule has 2 rings (SSSR count). The Morgan fingerprint density at radius 3 is 2.19 bits per heavy atom. The minimum Gasteiger partial charge on any atom is -0.453 e. The number of ketones is 1. The van der Waals surface area contributed by atoms with Gasteiger partial charge in [0, 0.05) is 12.0 Å². The summed E-state index contributed by atoms with van der Waals surface area (Å²) in [6.07, 6.45) is -1.16. The second kappa shape index (κ2) is 9.53. The van der Waals surface area contributed by atoms with E-state index in [2.05, 4.69) is 5.32 Å². The summed E-state index contributed by atoms with van der Waals surface area (Å²) in [5, 5.41) is 3.08. The van der Waals surface area contributed by atoms with E-state index in [1.54, 1.807) is 30.3 Å². The van der Waals surface area contributed by atoms with Crippen molar-refractivity contribution in [2.45, 2.75) is 32.8 Å². The van der Waals surface area contributed by atoms with Gasteiger partial charge in [-0.15, -0.1) is 0 Å². The number of halogens is 2. The molecule has 2 aromatic carbocycles. The van der Waals surface area contributed by atoms with E-state index in [-0.39, 0.29) is 34.4 Å². The Labute approximate surface area is 167 Å². The molecule has 2 aromatic rings. The maximum absolute atomic E-state index is 12.2. The molecule has 0 spiro atoms. The molecule has 1 amide bonds. The van der Waals surface area contributed by atoms with Crippen molar-refractivity contribution in [3.05, 3.63) is 63.6 Å². The summed E-state index contributed by atoms with van der Waals surface area (Å²) in [6, 6.07) is 11.9. The number of carbonyl (C=O) groups is 3. The molecule has 27 heavy (non-hydrogen) atoms. The zero-order valence-corrected chi connectivity index (χ0v) is 16.4. The van der Waals surface area contributed by atoms with Crippen LogP contribution in [0.3, 0.4) is 0 Å². The highest BCUT2D eigenvalue weighted by atomic mass is 35.5. The maximum Gasteiger partial charge on any atom is 0.307 e. The standard InChI is InChI=1S/C20H19Cl2NO4/c1-12-6-8-14(9-7-12)17(24)10-11-18(25)27-13(2)20(26)23-19-15(21)4-3-5-16(19)22/h3-9,13H,10-11H2,1-2H3,(H,23,26)/t13-/m0/s1. The molecule has 0 aliphatic carbocycles. The molecule has 0 aliphatic rings. The van der Waals surface area contributed by atoms with Gasteiger partial charge in [0.2, 0.25) is 0 Å². The van der Waals surface area contributed by atoms with Crippen LogP contribution in [0.25, 0.3) is 0 Å². The second-order valence-electron chi connectivity index (χ2n) is 6.01. The summed E-state index contributed by atoms with van der Waals surface area (Å²) >= 11 is 12.0. The molecule has 0 radical (unpaired) electrons. The van der Waals surface area contributed by atoms with Crippen LogP contribution < -0.4 is 5.32 Å². The smallest absolute Gasteiger partial charge is 0.307 e. The van der Waals surface area contributed by atoms with Gasteiger partial charge in [-0.1, -0.05) is 59.1 Å². The molecule has 0 saturated heterocycles. The maximum atomic E-state index is 12.2. The van der Waals surface area contributed by atoms with Gasteiger partial charge in [-0.3, -0.25) is 14.4 Å². The Bertz CT molecular complexity index is 829. The largest absolute Gasteiger partial charge is 0.453 e. The Morgan fingerprint density at radius 1 is 1.00 bits per heavy atom. The van der Waals surface area contributed by atoms with Crippen LogP contribution in [-0.4, -0.2) is 23.8 Å². The molecule has 0 aliphatic heterocycles. The number of nitrogens with one attached hydrogen (secondary N) is 1. The van der Waals surface area contributed by atoms with Crippen LogP contribution in [0.4, 0.5) is 5.69 Å². The number of benzene rings is 2. The average molecular weight is 408 g/mol. The molecule has 7 heteroatoms. The molecule has 142 valence electrons. The second-order valence-corrected chi connectivity index (χ2v) is 6.82. The summed E-state index contributed by atoms with van der Waals surface area (Å²) in [6.45, 7) is 3.35. The molecule has 0 fully saturated rings. The third-order valence-corrected chi connectivity index (χ3v) is 4.45. The number of ether oxygens (including phenoxy) is 1. The molecule has 0 unspecified atom stereocenters. The number of hydrogen-bond donors (Lipinski definition) is 1. The monoisotopic (exact) mass is 407 g/mol. The SMILES string of the molecule is Cc1ccc(C(=O)CCC(=O)O[C@@H](C)C(=O)Nc2c(Cl)cccc2Cl)cc1. The van der Waals surface area contributed by atoms with Gasteiger partial charge in [-0.25, -0.2) is 0 Å². The quantitative estimate of drug-likeness (QED) is 0.526. The highest BCUT2D eigenvalue weighted by molar-refractivity contribution is 6.39. The number of aryl methyl sites for hydroxylation is 1. The topological polar surface area (TPSA) is 72.5 Å². The molecule has 0 bridgehead atoms. The van der Waals surface area contributed by atoms with E-state index >= 15 is 0 Å². The number of esters is 1. The van der Waals surface area contributed by atoms with Crippen molar-refractivity contribution in [3.8, 4) is 0 Å². The molecular weight excluding hydrogens is 389 g/mol. The fourth-order valence-electron chi connectivity index (χ4n) is 2.25. The third kappa shape index (κ3) is 6.08. The van der Waals surface area contributed by atoms with Crippen molar-refractivity contribution < 1.29 is 19.1 Å². The average Bonchev–Trinajstić information content (AvgIpc) is 2.63. The molecule has 1 N–H and O–H groups in total. The number of hydrogen-bond acceptors (Lipinski definition) is 4. The summed E-state index contributed by atoms with van der Waals surface area (Å²) in [5.41, 5.74) is 1.83. The summed E-state index contributed by atoms with van der Waals surface area (Å²) in [4.78, 5) is 36.2. The van der Waals surface area contributed by atoms with Crippen LogP contribution in [0.5, 0.6) is 0 Å². The first-order valence-corrected chi connectivity index (χ1v) is 9.07. The Kier molecular flexibility index (Phi) is 7.39. The predicted molar refractivity (Wildman–Crippen MR) is 105 cm³/mol. The number of anilines is 1. The van der Waals surface area contributed by atoms with E-state index in [1.807, 2.05) is 19.1 Å². The van der Waals surface area contributed by atoms with Gasteiger partial charge < -0.3 is 10.1 Å². The van der Waals surface area contributed by atoms with Crippen molar-refractivity contribution in [1.29, 1.82) is 0 Å². The number of rotatable bonds is 7. The van der Waals surface area contributed by atoms with Gasteiger partial charge in [0.05, 0.1) is 22.2 Å². The van der Waals surface area contributed by atoms with Gasteiger partial charge in [0.15, 0.2) is 11.9 Å². The first-order chi connectivity index (χ1) is 12.8. The summed E-state index contributed by atoms with van der Waals surface area (Å²) in [7, 11) is 0. The third-order valence-electron chi connectivity index (χ3n) is 3.82. The van der Waals surface area contributed by atoms with E-state index in [9.17, 15) is 14.4 Å². The van der Waals surface area contributed by atoms with E-state index in [0.29, 0.717) is 5.56 Å². The molecule has 0 aromatic heterocycles. The van der Waals surface area contributed by atoms with E-state index in [1.165, 1.54) is 6.92 Å². The van der Waals surface area contributed by atoms with Gasteiger partial charge >= 0.3 is 5.97 Å². The first kappa shape index (κ1) is 20.9. The molecule has 0 heterocycles. The number of carbonyl (C=O) groups excluding carboxylic acids is 3. The minimum atomic E-state index is -1.06. The normalized spacial score (nSPS) is 11.6. The van der Waals surface area contributed by atoms with Gasteiger partial charge in [-0.2, -0.15) is 0 Å². The summed E-state index contributed by atoms with van der Waals surface area (Å²) < 4.78 is 5.08. The highest BCUT2D eigenvalue weighted by Gasteiger charge is 2.20. The van der Waals surface area contributed by atoms with Crippen LogP contribution in [0.15, 0.2) is 42.5 Å². The lowest BCUT2D eigenvalue weighted by molar-refractivity contribution is -0.153. The van der Waals surface area contributed by atoms with Crippen LogP contribution >= 0.6 is 23.2 Å². The molecule has 1 atom stereocenters. The van der Waals surface area contributed by atoms with Gasteiger partial charge in [0.25, 0.3) is 5.91 Å². The first-order valence-electron chi connectivity index (χ1n) is 8.32. The van der Waals surface area contributed by atoms with Crippen molar-refractivity contribution in [1.82, 2.24) is 0 Å². The Morgan fingerprint density at radius 2 is 1.59 bits per heavy atom. The number of para-hydroxylation sites is 1. The van der Waals surface area contributed by atoms with Crippen molar-refractivity contribution in [2.75, 3.05) is 5.32 Å². The zero-order chi connectivity index (χ0) is 20.0. The van der Waals surface area contributed by atoms with E-state index < -0.39 is 18.0 Å². The number of Topliss-reactive ketones (excluding diaryl/α,β-unsaturated/α-hetero) is 1. The lowest BCUT2D eigenvalue weighted by Crippen LogP contribution is -2.30. The highest BCUT2D eigenvalue weighted by Crippen LogP contribution is 2.29. The van der Waals surface area contributed by atoms with E-state index in [0.717, 1.165) is 5.56 Å². The summed E-state index contributed by atoms with van der Waals surface area (Å²) in [5.74, 6) is -1.36. The zero-order valence-electron chi connectivity index (χ0n) is 14.9. The van der Waals surface area contributed by atoms with Crippen molar-refractivity contribution in [2.24, 2.45) is 0 Å². The lowest BCUT2D eigenvalue weighted by atomic mass is 10.1. The molecule has 5 nitrogen and oxygen atoms in total. The molecule has 0 saturated carbocycles. The van der Waals surface area contributed by atoms with Crippen LogP contribution in [-0.2, 0) is 14.3 Å². The Balaban J connectivity index is 1.85.